The molecule has 0 saturated heterocycles. The number of nitrogens with two attached hydrogens (primary N) is 1. The molecule has 4 unspecified atom stereocenters. The Morgan fingerprint density at radius 3 is 1.82 bits per heavy atom. The zero-order valence-corrected chi connectivity index (χ0v) is 22.6. The smallest absolute Gasteiger partial charge is 0.491 e. The third-order valence-electron chi connectivity index (χ3n) is 6.13. The Morgan fingerprint density at radius 2 is 1.38 bits per heavy atom. The molecule has 2 aromatic carbocycles. The Balaban J connectivity index is 0.000000187. The average Bonchev–Trinajstić information content (AvgIpc) is 3.27. The summed E-state index contributed by atoms with van der Waals surface area (Å²) in [6, 6.07) is 11.4. The molecule has 3 N–H and O–H groups in total. The molecule has 6 rings (SSSR count). The maximum absolute atomic E-state index is 10.6. The monoisotopic (exact) mass is 564 g/mol. The third kappa shape index (κ3) is 7.21. The number of aliphatic carboxylic acids is 1. The molecular weight excluding hydrogens is 533 g/mol. The number of halogens is 1. The molecule has 0 spiro atoms. The van der Waals surface area contributed by atoms with Gasteiger partial charge in [0, 0.05) is 29.3 Å². The number of ether oxygens (including phenoxy) is 2. The highest BCUT2D eigenvalue weighted by Crippen LogP contribution is 2.31. The van der Waals surface area contributed by atoms with Crippen molar-refractivity contribution in [1.82, 2.24) is 0 Å². The number of benzene rings is 2. The van der Waals surface area contributed by atoms with Crippen molar-refractivity contribution < 1.29 is 42.9 Å². The van der Waals surface area contributed by atoms with Crippen LogP contribution in [0.3, 0.4) is 0 Å². The summed E-state index contributed by atoms with van der Waals surface area (Å²) in [6.07, 6.45) is -0.714. The maximum atomic E-state index is 10.6. The maximum Gasteiger partial charge on any atom is 0.499 e. The van der Waals surface area contributed by atoms with Crippen molar-refractivity contribution in [3.05, 3.63) is 57.6 Å². The molecule has 0 saturated carbocycles. The van der Waals surface area contributed by atoms with Gasteiger partial charge in [0.05, 0.1) is 18.3 Å². The minimum Gasteiger partial charge on any atom is -0.491 e. The average molecular weight is 565 g/mol. The quantitative estimate of drug-likeness (QED) is 0.313. The van der Waals surface area contributed by atoms with E-state index >= 15 is 0 Å². The molecule has 0 aromatic heterocycles. The van der Waals surface area contributed by atoms with E-state index in [0.717, 1.165) is 34.7 Å². The van der Waals surface area contributed by atoms with E-state index in [0.29, 0.717) is 25.5 Å². The lowest BCUT2D eigenvalue weighted by Gasteiger charge is -2.15. The fraction of sp³-hybridized carbons (Fsp3) is 0.458. The number of hydrogen-bond acceptors (Lipinski definition) is 10. The first-order valence-corrected chi connectivity index (χ1v) is 12.3. The van der Waals surface area contributed by atoms with Gasteiger partial charge < -0.3 is 38.9 Å². The Bertz CT molecular complexity index is 1170. The van der Waals surface area contributed by atoms with Crippen LogP contribution in [-0.2, 0) is 23.4 Å². The van der Waals surface area contributed by atoms with Crippen LogP contribution in [0.4, 0.5) is 0 Å². The Morgan fingerprint density at radius 1 is 0.949 bits per heavy atom. The summed E-state index contributed by atoms with van der Waals surface area (Å²) < 4.78 is 34.2. The number of carboxylic acid groups (broad SMARTS) is 1. The molecule has 2 aromatic rings. The predicted molar refractivity (Wildman–Crippen MR) is 145 cm³/mol. The largest absolute Gasteiger partial charge is 0.499 e. The first-order valence-electron chi connectivity index (χ1n) is 12.3. The molecule has 0 aliphatic carbocycles. The van der Waals surface area contributed by atoms with E-state index in [1.54, 1.807) is 0 Å². The van der Waals surface area contributed by atoms with Crippen LogP contribution in [0, 0.1) is 10.1 Å². The number of hydrogen-bond donors (Lipinski definition) is 2. The normalized spacial score (nSPS) is 23.5. The molecule has 4 heterocycles. The highest BCUT2D eigenvalue weighted by molar-refractivity contribution is 6.64. The number of nitrogens with zero attached hydrogens (tertiary/aromatic N) is 1. The van der Waals surface area contributed by atoms with Gasteiger partial charge in [-0.25, -0.2) is 0 Å². The van der Waals surface area contributed by atoms with Gasteiger partial charge >= 0.3 is 14.2 Å². The topological polar surface area (TPSA) is 162 Å². The highest BCUT2D eigenvalue weighted by Gasteiger charge is 2.44. The molecular formula is C24H31B2ClN2O10. The van der Waals surface area contributed by atoms with Crippen molar-refractivity contribution in [3.63, 3.8) is 0 Å². The standard InChI is InChI=1S/C11H12BNO5.C11H14BNO3.C2H4O2.ClH/c1-7-6-16-9-4-2-3-8-10(5-13(14)15)18-12(17-7)11(8)9;1-7-6-14-9-4-2-3-8-10(5-13)16-12(15-7)11(8)9;1-2(3)4;/h2-4,7,10H,5-6H2,1H3;2-4,7,10H,5-6,13H2,1H3;1H3,(H,3,4);1H. The van der Waals surface area contributed by atoms with Gasteiger partial charge in [0.25, 0.3) is 5.97 Å². The number of carbonyl (C=O) groups is 1. The summed E-state index contributed by atoms with van der Waals surface area (Å²) >= 11 is 0. The Kier molecular flexibility index (Phi) is 10.6. The zero-order chi connectivity index (χ0) is 27.4. The van der Waals surface area contributed by atoms with Crippen molar-refractivity contribution in [1.29, 1.82) is 0 Å². The van der Waals surface area contributed by atoms with Crippen molar-refractivity contribution >= 4 is 43.5 Å². The minimum absolute atomic E-state index is 0. The summed E-state index contributed by atoms with van der Waals surface area (Å²) in [7, 11) is -0.879. The van der Waals surface area contributed by atoms with Crippen molar-refractivity contribution in [2.75, 3.05) is 26.3 Å². The first kappa shape index (κ1) is 30.7. The van der Waals surface area contributed by atoms with Crippen LogP contribution in [-0.4, -0.2) is 68.7 Å². The fourth-order valence-electron chi connectivity index (χ4n) is 4.60. The van der Waals surface area contributed by atoms with Gasteiger partial charge in [0.15, 0.2) is 0 Å². The zero-order valence-electron chi connectivity index (χ0n) is 21.8. The van der Waals surface area contributed by atoms with Crippen molar-refractivity contribution in [2.45, 2.75) is 45.2 Å². The van der Waals surface area contributed by atoms with Gasteiger partial charge in [-0.1, -0.05) is 24.3 Å². The summed E-state index contributed by atoms with van der Waals surface area (Å²) in [6.45, 7) is 6.16. The van der Waals surface area contributed by atoms with E-state index < -0.39 is 19.2 Å². The van der Waals surface area contributed by atoms with E-state index in [2.05, 4.69) is 0 Å². The molecule has 0 radical (unpaired) electrons. The van der Waals surface area contributed by atoms with Crippen LogP contribution in [0.5, 0.6) is 11.5 Å². The van der Waals surface area contributed by atoms with Crippen LogP contribution in [0.15, 0.2) is 36.4 Å². The predicted octanol–water partition coefficient (Wildman–Crippen LogP) is 1.25. The summed E-state index contributed by atoms with van der Waals surface area (Å²) in [4.78, 5) is 19.3. The number of rotatable bonds is 3. The Hall–Kier alpha value is -2.87. The van der Waals surface area contributed by atoms with E-state index in [4.69, 9.17) is 43.7 Å². The number of nitro groups is 1. The van der Waals surface area contributed by atoms with Gasteiger partial charge in [-0.15, -0.1) is 12.4 Å². The molecule has 12 nitrogen and oxygen atoms in total. The molecule has 0 bridgehead atoms. The molecule has 4 atom stereocenters. The SMILES string of the molecule is CC(=O)O.CC1COc2cccc3c2B(O1)OC3CN.CC1COc2cccc3c2B(O1)OC3C[N+](=O)[O-].Cl. The fourth-order valence-corrected chi connectivity index (χ4v) is 4.60. The minimum atomic E-state index is -0.833. The van der Waals surface area contributed by atoms with E-state index in [-0.39, 0.29) is 49.3 Å². The van der Waals surface area contributed by atoms with Gasteiger partial charge in [-0.05, 0) is 37.1 Å². The molecule has 15 heteroatoms. The van der Waals surface area contributed by atoms with Gasteiger partial charge in [-0.2, -0.15) is 0 Å². The van der Waals surface area contributed by atoms with Crippen LogP contribution >= 0.6 is 12.4 Å². The Labute approximate surface area is 232 Å². The van der Waals surface area contributed by atoms with Crippen LogP contribution < -0.4 is 26.1 Å². The van der Waals surface area contributed by atoms with Gasteiger partial charge in [0.2, 0.25) is 6.54 Å². The van der Waals surface area contributed by atoms with E-state index in [1.807, 2.05) is 50.2 Å². The lowest BCUT2D eigenvalue weighted by Crippen LogP contribution is -2.34. The second-order valence-corrected chi connectivity index (χ2v) is 9.22. The van der Waals surface area contributed by atoms with E-state index in [9.17, 15) is 10.1 Å². The first-order chi connectivity index (χ1) is 18.2. The summed E-state index contributed by atoms with van der Waals surface area (Å²) in [5.74, 6) is 0.732. The van der Waals surface area contributed by atoms with Crippen molar-refractivity contribution in [2.24, 2.45) is 5.73 Å². The summed E-state index contributed by atoms with van der Waals surface area (Å²) in [5, 5.41) is 18.1. The summed E-state index contributed by atoms with van der Waals surface area (Å²) in [5.41, 5.74) is 9.40. The van der Waals surface area contributed by atoms with Crippen LogP contribution in [0.25, 0.3) is 0 Å². The lowest BCUT2D eigenvalue weighted by atomic mass is 9.77. The second kappa shape index (κ2) is 13.5. The van der Waals surface area contributed by atoms with Gasteiger partial charge in [-0.3, -0.25) is 14.9 Å². The molecule has 39 heavy (non-hydrogen) atoms. The molecule has 0 amide bonds. The van der Waals surface area contributed by atoms with Crippen LogP contribution in [0.2, 0.25) is 0 Å². The molecule has 210 valence electrons. The molecule has 4 aliphatic rings. The van der Waals surface area contributed by atoms with E-state index in [1.165, 1.54) is 0 Å². The van der Waals surface area contributed by atoms with Gasteiger partial charge in [0.1, 0.15) is 30.8 Å². The second-order valence-electron chi connectivity index (χ2n) is 9.22. The highest BCUT2D eigenvalue weighted by atomic mass is 35.5. The van der Waals surface area contributed by atoms with Crippen LogP contribution in [0.1, 0.15) is 44.1 Å². The van der Waals surface area contributed by atoms with Crippen molar-refractivity contribution in [3.8, 4) is 11.5 Å². The molecule has 4 aliphatic heterocycles. The lowest BCUT2D eigenvalue weighted by molar-refractivity contribution is -0.490. The third-order valence-corrected chi connectivity index (χ3v) is 6.13. The number of carboxylic acids is 1. The molecule has 0 fully saturated rings.